The Morgan fingerprint density at radius 2 is 2.20 bits per heavy atom. The van der Waals surface area contributed by atoms with E-state index in [1.165, 1.54) is 5.56 Å². The monoisotopic (exact) mass is 226 g/mol. The van der Waals surface area contributed by atoms with Crippen molar-refractivity contribution < 1.29 is 8.42 Å². The lowest BCUT2D eigenvalue weighted by Gasteiger charge is -2.16. The molecule has 4 nitrogen and oxygen atoms in total. The van der Waals surface area contributed by atoms with Crippen LogP contribution in [-0.4, -0.2) is 21.5 Å². The lowest BCUT2D eigenvalue weighted by atomic mass is 10.2. The van der Waals surface area contributed by atoms with E-state index in [-0.39, 0.29) is 4.90 Å². The van der Waals surface area contributed by atoms with Gasteiger partial charge in [0.2, 0.25) is 10.0 Å². The summed E-state index contributed by atoms with van der Waals surface area (Å²) in [7, 11) is -3.58. The SMILES string of the molecule is CCN1CCc2ccc(S(N)(=O)=O)cc21. The minimum absolute atomic E-state index is 0.196. The number of likely N-dealkylation sites (N-methyl/N-ethyl adjacent to an activating group) is 1. The van der Waals surface area contributed by atoms with Crippen LogP contribution < -0.4 is 10.0 Å². The lowest BCUT2D eigenvalue weighted by molar-refractivity contribution is 0.598. The van der Waals surface area contributed by atoms with Gasteiger partial charge in [0.15, 0.2) is 0 Å². The summed E-state index contributed by atoms with van der Waals surface area (Å²) in [5.41, 5.74) is 2.20. The second-order valence-electron chi connectivity index (χ2n) is 3.67. The fourth-order valence-corrected chi connectivity index (χ4v) is 2.46. The number of fused-ring (bicyclic) bond motifs is 1. The first-order valence-electron chi connectivity index (χ1n) is 4.93. The van der Waals surface area contributed by atoms with Crippen molar-refractivity contribution in [1.29, 1.82) is 0 Å². The maximum atomic E-state index is 11.2. The van der Waals surface area contributed by atoms with Crippen molar-refractivity contribution in [3.63, 3.8) is 0 Å². The zero-order chi connectivity index (χ0) is 11.1. The van der Waals surface area contributed by atoms with E-state index in [1.807, 2.05) is 6.07 Å². The number of primary sulfonamides is 1. The van der Waals surface area contributed by atoms with Crippen LogP contribution in [0.5, 0.6) is 0 Å². The van der Waals surface area contributed by atoms with Crippen molar-refractivity contribution in [2.24, 2.45) is 5.14 Å². The van der Waals surface area contributed by atoms with Gasteiger partial charge in [-0.25, -0.2) is 13.6 Å². The van der Waals surface area contributed by atoms with Gasteiger partial charge in [0, 0.05) is 18.8 Å². The lowest BCUT2D eigenvalue weighted by Crippen LogP contribution is -2.20. The number of rotatable bonds is 2. The molecule has 0 bridgehead atoms. The molecule has 0 spiro atoms. The molecule has 0 atom stereocenters. The van der Waals surface area contributed by atoms with Crippen LogP contribution in [0.15, 0.2) is 23.1 Å². The highest BCUT2D eigenvalue weighted by Gasteiger charge is 2.19. The van der Waals surface area contributed by atoms with Crippen LogP contribution in [0.4, 0.5) is 5.69 Å². The van der Waals surface area contributed by atoms with E-state index in [0.29, 0.717) is 0 Å². The second kappa shape index (κ2) is 3.50. The van der Waals surface area contributed by atoms with Gasteiger partial charge in [-0.3, -0.25) is 0 Å². The zero-order valence-corrected chi connectivity index (χ0v) is 9.42. The van der Waals surface area contributed by atoms with Crippen LogP contribution in [0.3, 0.4) is 0 Å². The van der Waals surface area contributed by atoms with Gasteiger partial charge >= 0.3 is 0 Å². The molecule has 0 radical (unpaired) electrons. The molecule has 5 heteroatoms. The van der Waals surface area contributed by atoms with Crippen LogP contribution in [0, 0.1) is 0 Å². The molecule has 15 heavy (non-hydrogen) atoms. The molecular weight excluding hydrogens is 212 g/mol. The summed E-state index contributed by atoms with van der Waals surface area (Å²) in [6.07, 6.45) is 0.980. The summed E-state index contributed by atoms with van der Waals surface area (Å²) in [4.78, 5) is 2.35. The fraction of sp³-hybridized carbons (Fsp3) is 0.400. The number of benzene rings is 1. The molecule has 0 unspecified atom stereocenters. The van der Waals surface area contributed by atoms with Gasteiger partial charge in [-0.1, -0.05) is 6.07 Å². The first-order chi connectivity index (χ1) is 7.02. The van der Waals surface area contributed by atoms with Gasteiger partial charge < -0.3 is 4.90 Å². The first-order valence-corrected chi connectivity index (χ1v) is 6.47. The maximum absolute atomic E-state index is 11.2. The summed E-state index contributed by atoms with van der Waals surface area (Å²) in [6, 6.07) is 5.10. The zero-order valence-electron chi connectivity index (χ0n) is 8.60. The van der Waals surface area contributed by atoms with E-state index in [1.54, 1.807) is 12.1 Å². The van der Waals surface area contributed by atoms with Crippen LogP contribution in [0.2, 0.25) is 0 Å². The Bertz CT molecular complexity index is 482. The van der Waals surface area contributed by atoms with Gasteiger partial charge in [0.1, 0.15) is 0 Å². The molecule has 1 aliphatic heterocycles. The normalized spacial score (nSPS) is 15.5. The number of anilines is 1. The number of nitrogens with two attached hydrogens (primary N) is 1. The van der Waals surface area contributed by atoms with Crippen LogP contribution in [0.25, 0.3) is 0 Å². The minimum atomic E-state index is -3.58. The number of sulfonamides is 1. The molecule has 1 aromatic rings. The minimum Gasteiger partial charge on any atom is -0.371 e. The molecule has 1 aliphatic rings. The fourth-order valence-electron chi connectivity index (χ4n) is 1.93. The van der Waals surface area contributed by atoms with E-state index in [2.05, 4.69) is 11.8 Å². The number of hydrogen-bond donors (Lipinski definition) is 1. The van der Waals surface area contributed by atoms with E-state index >= 15 is 0 Å². The van der Waals surface area contributed by atoms with Crippen LogP contribution in [0.1, 0.15) is 12.5 Å². The molecule has 0 amide bonds. The average Bonchev–Trinajstić information content (AvgIpc) is 2.57. The summed E-state index contributed by atoms with van der Waals surface area (Å²) in [5.74, 6) is 0. The molecular formula is C10H14N2O2S. The largest absolute Gasteiger partial charge is 0.371 e. The molecule has 0 saturated carbocycles. The third-order valence-electron chi connectivity index (χ3n) is 2.76. The van der Waals surface area contributed by atoms with Crippen molar-refractivity contribution in [3.8, 4) is 0 Å². The highest BCUT2D eigenvalue weighted by molar-refractivity contribution is 7.89. The van der Waals surface area contributed by atoms with Crippen molar-refractivity contribution >= 4 is 15.7 Å². The molecule has 0 aromatic heterocycles. The van der Waals surface area contributed by atoms with Crippen molar-refractivity contribution in [3.05, 3.63) is 23.8 Å². The number of hydrogen-bond acceptors (Lipinski definition) is 3. The van der Waals surface area contributed by atoms with E-state index < -0.39 is 10.0 Å². The van der Waals surface area contributed by atoms with Crippen LogP contribution >= 0.6 is 0 Å². The Morgan fingerprint density at radius 3 is 2.80 bits per heavy atom. The predicted molar refractivity (Wildman–Crippen MR) is 59.4 cm³/mol. The van der Waals surface area contributed by atoms with Crippen molar-refractivity contribution in [1.82, 2.24) is 0 Å². The topological polar surface area (TPSA) is 63.4 Å². The Morgan fingerprint density at radius 1 is 1.47 bits per heavy atom. The number of nitrogens with zero attached hydrogens (tertiary/aromatic N) is 1. The smallest absolute Gasteiger partial charge is 0.238 e. The molecule has 0 fully saturated rings. The summed E-state index contributed by atoms with van der Waals surface area (Å²) in [6.45, 7) is 3.90. The Balaban J connectivity index is 2.50. The molecule has 1 heterocycles. The highest BCUT2D eigenvalue weighted by Crippen LogP contribution is 2.29. The van der Waals surface area contributed by atoms with E-state index in [0.717, 1.165) is 25.2 Å². The maximum Gasteiger partial charge on any atom is 0.238 e. The van der Waals surface area contributed by atoms with Crippen molar-refractivity contribution in [2.45, 2.75) is 18.2 Å². The summed E-state index contributed by atoms with van der Waals surface area (Å²) >= 11 is 0. The van der Waals surface area contributed by atoms with Gasteiger partial charge in [-0.05, 0) is 31.0 Å². The molecule has 82 valence electrons. The Labute approximate surface area is 89.7 Å². The quantitative estimate of drug-likeness (QED) is 0.808. The second-order valence-corrected chi connectivity index (χ2v) is 5.23. The summed E-state index contributed by atoms with van der Waals surface area (Å²) in [5, 5.41) is 5.09. The first kappa shape index (κ1) is 10.4. The molecule has 2 rings (SSSR count). The Hall–Kier alpha value is -1.07. The highest BCUT2D eigenvalue weighted by atomic mass is 32.2. The predicted octanol–water partition coefficient (Wildman–Crippen LogP) is 0.716. The van der Waals surface area contributed by atoms with Gasteiger partial charge in [0.25, 0.3) is 0 Å². The molecule has 1 aromatic carbocycles. The molecule has 0 saturated heterocycles. The Kier molecular flexibility index (Phi) is 2.44. The average molecular weight is 226 g/mol. The van der Waals surface area contributed by atoms with Gasteiger partial charge in [-0.15, -0.1) is 0 Å². The standard InChI is InChI=1S/C10H14N2O2S/c1-2-12-6-5-8-3-4-9(7-10(8)12)15(11,13)14/h3-4,7H,2,5-6H2,1H3,(H2,11,13,14). The van der Waals surface area contributed by atoms with Crippen molar-refractivity contribution in [2.75, 3.05) is 18.0 Å². The van der Waals surface area contributed by atoms with Gasteiger partial charge in [0.05, 0.1) is 4.90 Å². The van der Waals surface area contributed by atoms with Crippen LogP contribution in [-0.2, 0) is 16.4 Å². The van der Waals surface area contributed by atoms with Gasteiger partial charge in [-0.2, -0.15) is 0 Å². The third kappa shape index (κ3) is 1.85. The van der Waals surface area contributed by atoms with E-state index in [9.17, 15) is 8.42 Å². The summed E-state index contributed by atoms with van der Waals surface area (Å²) < 4.78 is 22.4. The third-order valence-corrected chi connectivity index (χ3v) is 3.67. The molecule has 0 aliphatic carbocycles. The van der Waals surface area contributed by atoms with E-state index in [4.69, 9.17) is 5.14 Å². The molecule has 2 N–H and O–H groups in total.